The van der Waals surface area contributed by atoms with Crippen molar-refractivity contribution in [2.75, 3.05) is 37.6 Å². The summed E-state index contributed by atoms with van der Waals surface area (Å²) >= 11 is 6.07. The lowest BCUT2D eigenvalue weighted by Crippen LogP contribution is -2.48. The third-order valence-corrected chi connectivity index (χ3v) is 5.79. The average Bonchev–Trinajstić information content (AvgIpc) is 3.11. The fourth-order valence-electron chi connectivity index (χ4n) is 4.05. The molecule has 1 fully saturated rings. The highest BCUT2D eigenvalue weighted by Gasteiger charge is 2.26. The molecule has 0 radical (unpaired) electrons. The second-order valence-corrected chi connectivity index (χ2v) is 7.90. The van der Waals surface area contributed by atoms with E-state index in [1.807, 2.05) is 41.3 Å². The van der Waals surface area contributed by atoms with Gasteiger partial charge in [-0.05, 0) is 47.9 Å². The van der Waals surface area contributed by atoms with E-state index in [1.165, 1.54) is 5.56 Å². The van der Waals surface area contributed by atoms with Crippen LogP contribution in [0.3, 0.4) is 0 Å². The molecule has 2 heterocycles. The summed E-state index contributed by atoms with van der Waals surface area (Å²) in [5, 5.41) is 0.756. The highest BCUT2D eigenvalue weighted by molar-refractivity contribution is 6.30. The smallest absolute Gasteiger partial charge is 0.253 e. The first-order valence-electron chi connectivity index (χ1n) is 9.68. The van der Waals surface area contributed by atoms with E-state index in [0.717, 1.165) is 55.4 Å². The monoisotopic (exact) mass is 397 g/mol. The van der Waals surface area contributed by atoms with Crippen molar-refractivity contribution in [2.24, 2.45) is 0 Å². The molecule has 2 aromatic rings. The predicted molar refractivity (Wildman–Crippen MR) is 111 cm³/mol. The van der Waals surface area contributed by atoms with Gasteiger partial charge in [0.25, 0.3) is 5.91 Å². The van der Waals surface area contributed by atoms with E-state index < -0.39 is 0 Å². The summed E-state index contributed by atoms with van der Waals surface area (Å²) in [6.45, 7) is 6.26. The number of carbonyl (C=O) groups excluding carboxylic acids is 2. The third-order valence-electron chi connectivity index (χ3n) is 5.56. The Hall–Kier alpha value is -2.37. The van der Waals surface area contributed by atoms with Crippen LogP contribution in [-0.4, -0.2) is 54.3 Å². The molecule has 0 atom stereocenters. The zero-order valence-electron chi connectivity index (χ0n) is 16.0. The van der Waals surface area contributed by atoms with Crippen LogP contribution in [-0.2, 0) is 17.8 Å². The maximum atomic E-state index is 12.9. The van der Waals surface area contributed by atoms with Gasteiger partial charge in [-0.15, -0.1) is 0 Å². The van der Waals surface area contributed by atoms with E-state index in [0.29, 0.717) is 12.1 Å². The number of amides is 2. The van der Waals surface area contributed by atoms with E-state index in [-0.39, 0.29) is 11.8 Å². The van der Waals surface area contributed by atoms with E-state index in [2.05, 4.69) is 11.0 Å². The molecule has 2 aliphatic heterocycles. The van der Waals surface area contributed by atoms with Gasteiger partial charge in [0.05, 0.1) is 0 Å². The number of hydrogen-bond donors (Lipinski definition) is 0. The molecule has 4 rings (SSSR count). The third kappa shape index (κ3) is 3.91. The normalized spacial score (nSPS) is 16.9. The van der Waals surface area contributed by atoms with Gasteiger partial charge in [0.1, 0.15) is 0 Å². The lowest BCUT2D eigenvalue weighted by Gasteiger charge is -2.35. The zero-order valence-corrected chi connectivity index (χ0v) is 16.8. The van der Waals surface area contributed by atoms with Crippen LogP contribution >= 0.6 is 11.6 Å². The molecule has 2 aromatic carbocycles. The van der Waals surface area contributed by atoms with Crippen molar-refractivity contribution >= 4 is 29.1 Å². The van der Waals surface area contributed by atoms with E-state index in [1.54, 1.807) is 11.8 Å². The minimum absolute atomic E-state index is 0.0497. The summed E-state index contributed by atoms with van der Waals surface area (Å²) in [5.41, 5.74) is 3.93. The Morgan fingerprint density at radius 3 is 2.50 bits per heavy atom. The van der Waals surface area contributed by atoms with E-state index in [4.69, 9.17) is 11.6 Å². The molecule has 0 saturated carbocycles. The summed E-state index contributed by atoms with van der Waals surface area (Å²) in [4.78, 5) is 30.7. The standard InChI is InChI=1S/C22H24ClN3O2/c1-16(27)26-8-7-18-14-19(5-6-21(18)26)22(28)25-11-9-24(10-12-25)15-17-3-2-4-20(23)13-17/h2-6,13-14H,7-12,15H2,1H3. The highest BCUT2D eigenvalue weighted by atomic mass is 35.5. The Balaban J connectivity index is 1.37. The molecule has 28 heavy (non-hydrogen) atoms. The van der Waals surface area contributed by atoms with Crippen LogP contribution < -0.4 is 4.90 Å². The fraction of sp³-hybridized carbons (Fsp3) is 0.364. The van der Waals surface area contributed by atoms with Gasteiger partial charge in [-0.25, -0.2) is 0 Å². The Kier molecular flexibility index (Phi) is 5.38. The number of anilines is 1. The topological polar surface area (TPSA) is 43.9 Å². The molecular formula is C22H24ClN3O2. The molecule has 146 valence electrons. The van der Waals surface area contributed by atoms with Crippen LogP contribution in [0.25, 0.3) is 0 Å². The van der Waals surface area contributed by atoms with E-state index >= 15 is 0 Å². The van der Waals surface area contributed by atoms with E-state index in [9.17, 15) is 9.59 Å². The minimum Gasteiger partial charge on any atom is -0.336 e. The van der Waals surface area contributed by atoms with Crippen molar-refractivity contribution in [3.8, 4) is 0 Å². The fourth-order valence-corrected chi connectivity index (χ4v) is 4.26. The van der Waals surface area contributed by atoms with Gasteiger partial charge in [-0.3, -0.25) is 14.5 Å². The second kappa shape index (κ2) is 7.94. The number of hydrogen-bond acceptors (Lipinski definition) is 3. The molecule has 0 aromatic heterocycles. The molecule has 0 bridgehead atoms. The van der Waals surface area contributed by atoms with Gasteiger partial charge in [-0.2, -0.15) is 0 Å². The number of fused-ring (bicyclic) bond motifs is 1. The van der Waals surface area contributed by atoms with Gasteiger partial charge in [0.15, 0.2) is 0 Å². The van der Waals surface area contributed by atoms with Crippen molar-refractivity contribution in [3.63, 3.8) is 0 Å². The summed E-state index contributed by atoms with van der Waals surface area (Å²) in [7, 11) is 0. The largest absolute Gasteiger partial charge is 0.336 e. The molecule has 0 aliphatic carbocycles. The molecule has 0 N–H and O–H groups in total. The molecule has 0 unspecified atom stereocenters. The molecule has 0 spiro atoms. The van der Waals surface area contributed by atoms with Crippen LogP contribution in [0.2, 0.25) is 5.02 Å². The summed E-state index contributed by atoms with van der Waals surface area (Å²) in [6, 6.07) is 13.6. The SMILES string of the molecule is CC(=O)N1CCc2cc(C(=O)N3CCN(Cc4cccc(Cl)c4)CC3)ccc21. The molecule has 5 nitrogen and oxygen atoms in total. The van der Waals surface area contributed by atoms with Crippen LogP contribution in [0, 0.1) is 0 Å². The van der Waals surface area contributed by atoms with Crippen molar-refractivity contribution in [1.82, 2.24) is 9.80 Å². The molecule has 2 amide bonds. The van der Waals surface area contributed by atoms with Crippen LogP contribution in [0.5, 0.6) is 0 Å². The quantitative estimate of drug-likeness (QED) is 0.798. The first-order valence-corrected chi connectivity index (χ1v) is 10.1. The zero-order chi connectivity index (χ0) is 19.7. The first kappa shape index (κ1) is 19.0. The Labute approximate surface area is 170 Å². The maximum absolute atomic E-state index is 12.9. The highest BCUT2D eigenvalue weighted by Crippen LogP contribution is 2.29. The van der Waals surface area contributed by atoms with Gasteiger partial charge in [0.2, 0.25) is 5.91 Å². The summed E-state index contributed by atoms with van der Waals surface area (Å²) in [6.07, 6.45) is 0.809. The van der Waals surface area contributed by atoms with Crippen molar-refractivity contribution in [2.45, 2.75) is 19.9 Å². The molecule has 2 aliphatic rings. The number of nitrogens with zero attached hydrogens (tertiary/aromatic N) is 3. The summed E-state index contributed by atoms with van der Waals surface area (Å²) in [5.74, 6) is 0.125. The second-order valence-electron chi connectivity index (χ2n) is 7.46. The van der Waals surface area contributed by atoms with Gasteiger partial charge < -0.3 is 9.80 Å². The molecular weight excluding hydrogens is 374 g/mol. The van der Waals surface area contributed by atoms with Crippen molar-refractivity contribution in [3.05, 3.63) is 64.2 Å². The van der Waals surface area contributed by atoms with Gasteiger partial charge in [0, 0.05) is 62.5 Å². The number of halogens is 1. The minimum atomic E-state index is 0.0497. The van der Waals surface area contributed by atoms with Crippen LogP contribution in [0.4, 0.5) is 5.69 Å². The van der Waals surface area contributed by atoms with Gasteiger partial charge >= 0.3 is 0 Å². The number of piperazine rings is 1. The Morgan fingerprint density at radius 2 is 1.79 bits per heavy atom. The lowest BCUT2D eigenvalue weighted by atomic mass is 10.1. The Morgan fingerprint density at radius 1 is 1.00 bits per heavy atom. The molecule has 1 saturated heterocycles. The van der Waals surface area contributed by atoms with Crippen LogP contribution in [0.1, 0.15) is 28.4 Å². The van der Waals surface area contributed by atoms with Crippen molar-refractivity contribution in [1.29, 1.82) is 0 Å². The van der Waals surface area contributed by atoms with Gasteiger partial charge in [-0.1, -0.05) is 23.7 Å². The first-order chi connectivity index (χ1) is 13.5. The number of benzene rings is 2. The van der Waals surface area contributed by atoms with Crippen molar-refractivity contribution < 1.29 is 9.59 Å². The molecule has 6 heteroatoms. The van der Waals surface area contributed by atoms with Crippen LogP contribution in [0.15, 0.2) is 42.5 Å². The lowest BCUT2D eigenvalue weighted by molar-refractivity contribution is -0.116. The number of rotatable bonds is 3. The predicted octanol–water partition coefficient (Wildman–Crippen LogP) is 3.21. The number of carbonyl (C=O) groups is 2. The summed E-state index contributed by atoms with van der Waals surface area (Å²) < 4.78 is 0. The maximum Gasteiger partial charge on any atom is 0.253 e. The Bertz CT molecular complexity index is 906. The average molecular weight is 398 g/mol.